The molecule has 1 heterocycles. The summed E-state index contributed by atoms with van der Waals surface area (Å²) in [4.78, 5) is 11.4. The number of halogens is 3. The Labute approximate surface area is 241 Å². The van der Waals surface area contributed by atoms with Crippen LogP contribution in [0.25, 0.3) is 11.3 Å². The lowest BCUT2D eigenvalue weighted by Crippen LogP contribution is -2.21. The molecule has 2 fully saturated rings. The number of aromatic nitrogens is 1. The standard InChI is InChI=1S/C31H26Cl3NO4/c1-16-5-6-18(31(36)37)13-23(16)20-11-19(12-20)22-10-9-21(14-27(22)34)38-15-24-29(35-39-30(24)17-7-8-17)28-25(32)3-2-4-26(28)33/h2-6,9-10,13-14,17,19-20H,7-8,11-12,15H2,1H3,(H,36,37). The van der Waals surface area contributed by atoms with Gasteiger partial charge in [-0.05, 0) is 97.5 Å². The second kappa shape index (κ2) is 10.5. The Morgan fingerprint density at radius 1 is 0.949 bits per heavy atom. The second-order valence-electron chi connectivity index (χ2n) is 10.5. The average Bonchev–Trinajstić information content (AvgIpc) is 3.64. The van der Waals surface area contributed by atoms with Crippen molar-refractivity contribution in [2.75, 3.05) is 0 Å². The predicted molar refractivity (Wildman–Crippen MR) is 153 cm³/mol. The first-order chi connectivity index (χ1) is 18.8. The fraction of sp³-hybridized carbons (Fsp3) is 0.290. The molecule has 200 valence electrons. The summed E-state index contributed by atoms with van der Waals surface area (Å²) in [7, 11) is 0. The molecule has 8 heteroatoms. The number of benzene rings is 3. The largest absolute Gasteiger partial charge is 0.489 e. The molecule has 3 aromatic carbocycles. The molecule has 6 rings (SSSR count). The minimum absolute atomic E-state index is 0.257. The molecule has 0 bridgehead atoms. The van der Waals surface area contributed by atoms with Crippen LogP contribution in [0, 0.1) is 6.92 Å². The Bertz CT molecular complexity index is 1550. The van der Waals surface area contributed by atoms with E-state index in [1.807, 2.05) is 37.3 Å². The van der Waals surface area contributed by atoms with Crippen molar-refractivity contribution < 1.29 is 19.2 Å². The van der Waals surface area contributed by atoms with Crippen LogP contribution in [0.1, 0.15) is 81.8 Å². The van der Waals surface area contributed by atoms with E-state index in [2.05, 4.69) is 5.16 Å². The number of rotatable bonds is 8. The van der Waals surface area contributed by atoms with Crippen molar-refractivity contribution in [1.29, 1.82) is 0 Å². The molecule has 0 spiro atoms. The third-order valence-corrected chi connectivity index (χ3v) is 8.82. The van der Waals surface area contributed by atoms with Gasteiger partial charge in [-0.3, -0.25) is 0 Å². The molecule has 2 saturated carbocycles. The van der Waals surface area contributed by atoms with Crippen LogP contribution in [0.15, 0.2) is 59.1 Å². The SMILES string of the molecule is Cc1ccc(C(=O)O)cc1C1CC(c2ccc(OCc3c(-c4c(Cl)cccc4Cl)noc3C3CC3)cc2Cl)C1. The summed E-state index contributed by atoms with van der Waals surface area (Å²) < 4.78 is 11.9. The third-order valence-electron chi connectivity index (χ3n) is 7.87. The normalized spacial score (nSPS) is 18.6. The molecule has 0 amide bonds. The molecule has 1 aromatic heterocycles. The summed E-state index contributed by atoms with van der Waals surface area (Å²) in [6, 6.07) is 16.5. The minimum atomic E-state index is -0.900. The monoisotopic (exact) mass is 581 g/mol. The van der Waals surface area contributed by atoms with Gasteiger partial charge in [0.05, 0.1) is 21.2 Å². The summed E-state index contributed by atoms with van der Waals surface area (Å²) in [5, 5.41) is 15.4. The summed E-state index contributed by atoms with van der Waals surface area (Å²) in [5.74, 6) is 1.56. The molecular formula is C31H26Cl3NO4. The van der Waals surface area contributed by atoms with Gasteiger partial charge in [0.15, 0.2) is 0 Å². The van der Waals surface area contributed by atoms with Gasteiger partial charge in [0.25, 0.3) is 0 Å². The van der Waals surface area contributed by atoms with Crippen LogP contribution in [0.4, 0.5) is 0 Å². The van der Waals surface area contributed by atoms with E-state index >= 15 is 0 Å². The van der Waals surface area contributed by atoms with Gasteiger partial charge in [-0.15, -0.1) is 0 Å². The molecule has 1 N–H and O–H groups in total. The van der Waals surface area contributed by atoms with Gasteiger partial charge in [0.1, 0.15) is 23.8 Å². The molecular weight excluding hydrogens is 557 g/mol. The highest BCUT2D eigenvalue weighted by molar-refractivity contribution is 6.39. The minimum Gasteiger partial charge on any atom is -0.489 e. The van der Waals surface area contributed by atoms with Crippen molar-refractivity contribution in [3.63, 3.8) is 0 Å². The zero-order valence-electron chi connectivity index (χ0n) is 21.2. The number of carboxylic acid groups (broad SMARTS) is 1. The molecule has 0 saturated heterocycles. The first-order valence-corrected chi connectivity index (χ1v) is 14.1. The van der Waals surface area contributed by atoms with Crippen molar-refractivity contribution in [2.24, 2.45) is 0 Å². The Kier molecular flexibility index (Phi) is 7.09. The molecule has 0 radical (unpaired) electrons. The first-order valence-electron chi connectivity index (χ1n) is 13.0. The number of hydrogen-bond donors (Lipinski definition) is 1. The second-order valence-corrected chi connectivity index (χ2v) is 11.7. The van der Waals surface area contributed by atoms with Crippen LogP contribution in [0.2, 0.25) is 15.1 Å². The van der Waals surface area contributed by atoms with Gasteiger partial charge in [-0.1, -0.05) is 58.2 Å². The van der Waals surface area contributed by atoms with E-state index in [0.29, 0.717) is 55.4 Å². The van der Waals surface area contributed by atoms with Crippen molar-refractivity contribution in [3.05, 3.63) is 103 Å². The van der Waals surface area contributed by atoms with E-state index in [1.54, 1.807) is 24.3 Å². The van der Waals surface area contributed by atoms with Gasteiger partial charge in [-0.25, -0.2) is 4.79 Å². The maximum atomic E-state index is 11.4. The number of aryl methyl sites for hydroxylation is 1. The first kappa shape index (κ1) is 26.2. The van der Waals surface area contributed by atoms with E-state index in [-0.39, 0.29) is 6.61 Å². The van der Waals surface area contributed by atoms with Gasteiger partial charge < -0.3 is 14.4 Å². The Morgan fingerprint density at radius 3 is 2.33 bits per heavy atom. The van der Waals surface area contributed by atoms with Crippen LogP contribution >= 0.6 is 34.8 Å². The topological polar surface area (TPSA) is 72.6 Å². The summed E-state index contributed by atoms with van der Waals surface area (Å²) in [6.45, 7) is 2.29. The molecule has 4 aromatic rings. The lowest BCUT2D eigenvalue weighted by molar-refractivity contribution is 0.0696. The fourth-order valence-corrected chi connectivity index (χ4v) is 6.37. The van der Waals surface area contributed by atoms with E-state index in [4.69, 9.17) is 44.1 Å². The van der Waals surface area contributed by atoms with Crippen molar-refractivity contribution in [1.82, 2.24) is 5.16 Å². The Hall–Kier alpha value is -2.99. The summed E-state index contributed by atoms with van der Waals surface area (Å²) in [5.41, 5.74) is 5.75. The number of nitrogens with zero attached hydrogens (tertiary/aromatic N) is 1. The van der Waals surface area contributed by atoms with Crippen LogP contribution in [0.3, 0.4) is 0 Å². The smallest absolute Gasteiger partial charge is 0.335 e. The van der Waals surface area contributed by atoms with Crippen LogP contribution in [-0.2, 0) is 6.61 Å². The molecule has 0 atom stereocenters. The molecule has 0 aliphatic heterocycles. The quantitative estimate of drug-likeness (QED) is 0.224. The van der Waals surface area contributed by atoms with Crippen LogP contribution in [-0.4, -0.2) is 16.2 Å². The number of aromatic carboxylic acids is 1. The zero-order chi connectivity index (χ0) is 27.3. The lowest BCUT2D eigenvalue weighted by Gasteiger charge is -2.37. The van der Waals surface area contributed by atoms with Crippen molar-refractivity contribution in [3.8, 4) is 17.0 Å². The van der Waals surface area contributed by atoms with Crippen LogP contribution in [0.5, 0.6) is 5.75 Å². The molecule has 39 heavy (non-hydrogen) atoms. The fourth-order valence-electron chi connectivity index (χ4n) is 5.47. The highest BCUT2D eigenvalue weighted by Crippen LogP contribution is 2.51. The van der Waals surface area contributed by atoms with E-state index < -0.39 is 5.97 Å². The summed E-state index contributed by atoms with van der Waals surface area (Å²) in [6.07, 6.45) is 3.97. The average molecular weight is 583 g/mol. The number of carbonyl (C=O) groups is 1. The maximum absolute atomic E-state index is 11.4. The van der Waals surface area contributed by atoms with Gasteiger partial charge >= 0.3 is 5.97 Å². The van der Waals surface area contributed by atoms with Crippen molar-refractivity contribution in [2.45, 2.75) is 57.0 Å². The number of ether oxygens (including phenoxy) is 1. The Balaban J connectivity index is 1.17. The van der Waals surface area contributed by atoms with E-state index in [0.717, 1.165) is 53.7 Å². The van der Waals surface area contributed by atoms with Gasteiger partial charge in [0, 0.05) is 16.5 Å². The molecule has 0 unspecified atom stereocenters. The number of hydrogen-bond acceptors (Lipinski definition) is 4. The molecule has 2 aliphatic rings. The summed E-state index contributed by atoms with van der Waals surface area (Å²) >= 11 is 19.7. The maximum Gasteiger partial charge on any atom is 0.335 e. The number of carboxylic acids is 1. The van der Waals surface area contributed by atoms with Gasteiger partial charge in [-0.2, -0.15) is 0 Å². The Morgan fingerprint density at radius 2 is 1.67 bits per heavy atom. The van der Waals surface area contributed by atoms with Crippen LogP contribution < -0.4 is 4.74 Å². The van der Waals surface area contributed by atoms with Crippen molar-refractivity contribution >= 4 is 40.8 Å². The lowest BCUT2D eigenvalue weighted by atomic mass is 9.67. The highest BCUT2D eigenvalue weighted by Gasteiger charge is 2.35. The predicted octanol–water partition coefficient (Wildman–Crippen LogP) is 9.43. The molecule has 2 aliphatic carbocycles. The van der Waals surface area contributed by atoms with E-state index in [1.165, 1.54) is 0 Å². The van der Waals surface area contributed by atoms with E-state index in [9.17, 15) is 9.90 Å². The van der Waals surface area contributed by atoms with Gasteiger partial charge in [0.2, 0.25) is 0 Å². The zero-order valence-corrected chi connectivity index (χ0v) is 23.5. The third kappa shape index (κ3) is 5.16. The molecule has 5 nitrogen and oxygen atoms in total. The highest BCUT2D eigenvalue weighted by atomic mass is 35.5.